The van der Waals surface area contributed by atoms with Crippen LogP contribution in [0.2, 0.25) is 0 Å². The van der Waals surface area contributed by atoms with E-state index in [1.165, 1.54) is 0 Å². The molecule has 1 saturated heterocycles. The van der Waals surface area contributed by atoms with Crippen LogP contribution >= 0.6 is 0 Å². The van der Waals surface area contributed by atoms with Crippen LogP contribution in [0.25, 0.3) is 0 Å². The third-order valence-corrected chi connectivity index (χ3v) is 11.1. The van der Waals surface area contributed by atoms with Gasteiger partial charge in [-0.2, -0.15) is 0 Å². The average molecular weight is 490 g/mol. The molecule has 0 aromatic carbocycles. The lowest BCUT2D eigenvalue weighted by Crippen LogP contribution is -2.61. The Hall–Kier alpha value is -1.12. The van der Waals surface area contributed by atoms with Crippen LogP contribution in [0.3, 0.4) is 0 Å². The first-order valence-electron chi connectivity index (χ1n) is 13.7. The first kappa shape index (κ1) is 25.5. The molecule has 4 N–H and O–H groups in total. The van der Waals surface area contributed by atoms with Gasteiger partial charge in [-0.1, -0.05) is 13.8 Å². The summed E-state index contributed by atoms with van der Waals surface area (Å²) in [6.07, 6.45) is 6.01. The van der Waals surface area contributed by atoms with E-state index in [1.807, 2.05) is 13.8 Å². The largest absolute Gasteiger partial charge is 0.396 e. The number of hydrogen-bond acceptors (Lipinski definition) is 7. The Labute approximate surface area is 208 Å². The smallest absolute Gasteiger partial charge is 0.159 e. The summed E-state index contributed by atoms with van der Waals surface area (Å²) in [5.41, 5.74) is -1.50. The standard InChI is InChI=1S/C28H43NO6/c1-26-15-24(33)23(32)14-21(26)22(31)13-20-18(26)3-8-27(2)19(4-9-28(20,27)35)25(34)16-29-10-5-17(6-11-29)7-12-30/h13,17-19,21,23-24,30,32-33,35H,3-12,14-16H2,1-2H3/t18?,19?,21?,23?,24-,26?,27?,28?/m0/s1. The molecule has 0 spiro atoms. The van der Waals surface area contributed by atoms with Crippen molar-refractivity contribution in [2.24, 2.45) is 34.5 Å². The normalized spacial score (nSPS) is 46.5. The van der Waals surface area contributed by atoms with Gasteiger partial charge in [0.05, 0.1) is 24.4 Å². The summed E-state index contributed by atoms with van der Waals surface area (Å²) in [5, 5.41) is 42.1. The lowest BCUT2D eigenvalue weighted by atomic mass is 9.46. The van der Waals surface area contributed by atoms with Gasteiger partial charge in [0, 0.05) is 23.9 Å². The second kappa shape index (κ2) is 9.02. The van der Waals surface area contributed by atoms with Crippen LogP contribution < -0.4 is 0 Å². The molecule has 0 amide bonds. The number of carbonyl (C=O) groups excluding carboxylic acids is 2. The van der Waals surface area contributed by atoms with Crippen LogP contribution in [-0.4, -0.2) is 80.9 Å². The molecular formula is C28H43NO6. The van der Waals surface area contributed by atoms with E-state index in [4.69, 9.17) is 0 Å². The van der Waals surface area contributed by atoms with Gasteiger partial charge < -0.3 is 20.4 Å². The predicted octanol–water partition coefficient (Wildman–Crippen LogP) is 1.85. The molecule has 0 bridgehead atoms. The number of carbonyl (C=O) groups is 2. The molecule has 5 aliphatic rings. The van der Waals surface area contributed by atoms with Crippen molar-refractivity contribution in [3.05, 3.63) is 11.6 Å². The third kappa shape index (κ3) is 3.88. The zero-order valence-electron chi connectivity index (χ0n) is 21.3. The van der Waals surface area contributed by atoms with E-state index in [0.717, 1.165) is 50.8 Å². The number of piperidine rings is 1. The predicted molar refractivity (Wildman–Crippen MR) is 130 cm³/mol. The van der Waals surface area contributed by atoms with E-state index in [0.29, 0.717) is 31.7 Å². The van der Waals surface area contributed by atoms with Crippen LogP contribution in [0.15, 0.2) is 11.6 Å². The lowest BCUT2D eigenvalue weighted by molar-refractivity contribution is -0.154. The molecule has 3 saturated carbocycles. The molecule has 35 heavy (non-hydrogen) atoms. The van der Waals surface area contributed by atoms with E-state index in [2.05, 4.69) is 4.90 Å². The molecule has 7 unspecified atom stereocenters. The van der Waals surface area contributed by atoms with Gasteiger partial charge in [0.15, 0.2) is 11.6 Å². The number of fused-ring (bicyclic) bond motifs is 5. The number of rotatable bonds is 5. The molecule has 7 nitrogen and oxygen atoms in total. The number of aliphatic hydroxyl groups is 4. The van der Waals surface area contributed by atoms with Gasteiger partial charge in [-0.25, -0.2) is 0 Å². The van der Waals surface area contributed by atoms with Gasteiger partial charge in [-0.15, -0.1) is 0 Å². The third-order valence-electron chi connectivity index (χ3n) is 11.1. The van der Waals surface area contributed by atoms with E-state index in [9.17, 15) is 30.0 Å². The molecule has 1 heterocycles. The summed E-state index contributed by atoms with van der Waals surface area (Å²) in [5.74, 6) is 0.0912. The minimum atomic E-state index is -1.19. The van der Waals surface area contributed by atoms with Crippen LogP contribution in [0, 0.1) is 34.5 Å². The molecular weight excluding hydrogens is 446 g/mol. The average Bonchev–Trinajstić information content (AvgIpc) is 3.09. The van der Waals surface area contributed by atoms with Crippen molar-refractivity contribution < 1.29 is 30.0 Å². The summed E-state index contributed by atoms with van der Waals surface area (Å²) < 4.78 is 0. The summed E-state index contributed by atoms with van der Waals surface area (Å²) in [7, 11) is 0. The van der Waals surface area contributed by atoms with Gasteiger partial charge in [-0.05, 0) is 99.8 Å². The van der Waals surface area contributed by atoms with Crippen molar-refractivity contribution in [3.63, 3.8) is 0 Å². The van der Waals surface area contributed by atoms with Crippen molar-refractivity contribution in [1.82, 2.24) is 4.90 Å². The molecule has 0 aromatic rings. The monoisotopic (exact) mass is 489 g/mol. The van der Waals surface area contributed by atoms with Gasteiger partial charge in [0.25, 0.3) is 0 Å². The molecule has 196 valence electrons. The number of ketones is 2. The van der Waals surface area contributed by atoms with Crippen LogP contribution in [0.1, 0.15) is 71.6 Å². The molecule has 7 heteroatoms. The number of allylic oxidation sites excluding steroid dienone is 1. The molecule has 4 fully saturated rings. The van der Waals surface area contributed by atoms with Crippen LogP contribution in [-0.2, 0) is 9.59 Å². The lowest BCUT2D eigenvalue weighted by Gasteiger charge is -2.59. The minimum absolute atomic E-state index is 0.0233. The molecule has 0 radical (unpaired) electrons. The Kier molecular flexibility index (Phi) is 6.58. The molecule has 4 aliphatic carbocycles. The van der Waals surface area contributed by atoms with Gasteiger partial charge >= 0.3 is 0 Å². The highest BCUT2D eigenvalue weighted by atomic mass is 16.3. The second-order valence-electron chi connectivity index (χ2n) is 12.8. The summed E-state index contributed by atoms with van der Waals surface area (Å²) in [4.78, 5) is 29.1. The fourth-order valence-corrected chi connectivity index (χ4v) is 8.83. The van der Waals surface area contributed by atoms with E-state index >= 15 is 0 Å². The van der Waals surface area contributed by atoms with E-state index in [1.54, 1.807) is 6.08 Å². The van der Waals surface area contributed by atoms with Gasteiger partial charge in [0.1, 0.15) is 0 Å². The number of Topliss-reactive ketones (excluding diaryl/α,β-unsaturated/α-hetero) is 1. The Balaban J connectivity index is 1.35. The fraction of sp³-hybridized carbons (Fsp3) is 0.857. The fourth-order valence-electron chi connectivity index (χ4n) is 8.83. The number of nitrogens with zero attached hydrogens (tertiary/aromatic N) is 1. The van der Waals surface area contributed by atoms with Crippen molar-refractivity contribution >= 4 is 11.6 Å². The zero-order valence-corrected chi connectivity index (χ0v) is 21.3. The van der Waals surface area contributed by atoms with Gasteiger partial charge in [-0.3, -0.25) is 14.5 Å². The molecule has 0 aromatic heterocycles. The highest BCUT2D eigenvalue weighted by Gasteiger charge is 2.67. The first-order chi connectivity index (χ1) is 16.5. The number of likely N-dealkylation sites (tertiary alicyclic amines) is 1. The number of aliphatic hydroxyl groups excluding tert-OH is 3. The van der Waals surface area contributed by atoms with Crippen LogP contribution in [0.5, 0.6) is 0 Å². The minimum Gasteiger partial charge on any atom is -0.396 e. The SMILES string of the molecule is CC12C[C@H](O)C(O)CC1C(=O)C=C1C2CCC2(C)C(C(=O)CN3CCC(CCO)CC3)CCC12O. The maximum Gasteiger partial charge on any atom is 0.159 e. The highest BCUT2D eigenvalue weighted by molar-refractivity contribution is 5.95. The van der Waals surface area contributed by atoms with Crippen molar-refractivity contribution in [2.75, 3.05) is 26.2 Å². The van der Waals surface area contributed by atoms with Crippen molar-refractivity contribution in [2.45, 2.75) is 89.4 Å². The van der Waals surface area contributed by atoms with Crippen LogP contribution in [0.4, 0.5) is 0 Å². The van der Waals surface area contributed by atoms with E-state index in [-0.39, 0.29) is 42.3 Å². The summed E-state index contributed by atoms with van der Waals surface area (Å²) in [6.45, 7) is 6.48. The van der Waals surface area contributed by atoms with E-state index < -0.39 is 28.6 Å². The van der Waals surface area contributed by atoms with Crippen molar-refractivity contribution in [3.8, 4) is 0 Å². The summed E-state index contributed by atoms with van der Waals surface area (Å²) in [6, 6.07) is 0. The molecule has 5 rings (SSSR count). The molecule has 8 atom stereocenters. The van der Waals surface area contributed by atoms with Crippen molar-refractivity contribution in [1.29, 1.82) is 0 Å². The quantitative estimate of drug-likeness (QED) is 0.465. The first-order valence-corrected chi connectivity index (χ1v) is 13.7. The zero-order chi connectivity index (χ0) is 25.2. The Bertz CT molecular complexity index is 896. The van der Waals surface area contributed by atoms with Gasteiger partial charge in [0.2, 0.25) is 0 Å². The maximum absolute atomic E-state index is 13.6. The maximum atomic E-state index is 13.6. The Morgan fingerprint density at radius 3 is 2.46 bits per heavy atom. The Morgan fingerprint density at radius 2 is 1.77 bits per heavy atom. The molecule has 1 aliphatic heterocycles. The summed E-state index contributed by atoms with van der Waals surface area (Å²) >= 11 is 0. The number of hydrogen-bond donors (Lipinski definition) is 4. The Morgan fingerprint density at radius 1 is 1.06 bits per heavy atom. The second-order valence-corrected chi connectivity index (χ2v) is 12.8. The topological polar surface area (TPSA) is 118 Å². The highest BCUT2D eigenvalue weighted by Crippen LogP contribution is 2.67.